The van der Waals surface area contributed by atoms with Crippen LogP contribution in [0.3, 0.4) is 0 Å². The normalized spacial score (nSPS) is 15.8. The lowest BCUT2D eigenvalue weighted by Gasteiger charge is -2.08. The second-order valence-corrected chi connectivity index (χ2v) is 6.92. The third-order valence-corrected chi connectivity index (χ3v) is 5.15. The van der Waals surface area contributed by atoms with E-state index in [0.717, 1.165) is 47.2 Å². The minimum Gasteiger partial charge on any atom is -0.493 e. The van der Waals surface area contributed by atoms with Gasteiger partial charge < -0.3 is 4.74 Å². The Balaban J connectivity index is 1.58. The number of pyridine rings is 1. The third kappa shape index (κ3) is 4.32. The number of aryl methyl sites for hydroxylation is 1. The van der Waals surface area contributed by atoms with Gasteiger partial charge in [0, 0.05) is 18.3 Å². The summed E-state index contributed by atoms with van der Waals surface area (Å²) in [5, 5.41) is 1.95. The lowest BCUT2D eigenvalue weighted by molar-refractivity contribution is -0.115. The Morgan fingerprint density at radius 1 is 1.15 bits per heavy atom. The number of nitrogens with one attached hydrogen (secondary N) is 1. The molecule has 2 aromatic rings. The molecule has 0 saturated carbocycles. The van der Waals surface area contributed by atoms with Crippen molar-refractivity contribution in [2.75, 3.05) is 6.61 Å². The first-order valence-corrected chi connectivity index (χ1v) is 9.29. The molecule has 0 unspecified atom stereocenters. The monoisotopic (exact) mass is 368 g/mol. The number of aromatic nitrogens is 1. The molecule has 6 heteroatoms. The van der Waals surface area contributed by atoms with Crippen molar-refractivity contribution in [3.8, 4) is 5.75 Å². The summed E-state index contributed by atoms with van der Waals surface area (Å²) in [5.74, 6) is 0.427. The number of carbonyl (C=O) groups excluding carboxylic acids is 2. The number of allylic oxidation sites excluding steroid dienone is 1. The van der Waals surface area contributed by atoms with Gasteiger partial charge in [-0.15, -0.1) is 0 Å². The van der Waals surface area contributed by atoms with E-state index in [1.807, 2.05) is 43.5 Å². The van der Waals surface area contributed by atoms with E-state index in [0.29, 0.717) is 11.5 Å². The van der Waals surface area contributed by atoms with Crippen molar-refractivity contribution in [2.45, 2.75) is 26.7 Å². The molecule has 26 heavy (non-hydrogen) atoms. The maximum Gasteiger partial charge on any atom is 0.290 e. The van der Waals surface area contributed by atoms with Crippen LogP contribution in [0.1, 0.15) is 30.7 Å². The van der Waals surface area contributed by atoms with Gasteiger partial charge in [0.2, 0.25) is 0 Å². The number of ether oxygens (including phenoxy) is 1. The van der Waals surface area contributed by atoms with E-state index in [2.05, 4.69) is 23.3 Å². The van der Waals surface area contributed by atoms with E-state index in [-0.39, 0.29) is 11.1 Å². The van der Waals surface area contributed by atoms with Crippen LogP contribution in [0.5, 0.6) is 5.75 Å². The summed E-state index contributed by atoms with van der Waals surface area (Å²) in [6.45, 7) is 4.49. The van der Waals surface area contributed by atoms with Crippen molar-refractivity contribution in [1.82, 2.24) is 10.3 Å². The first-order chi connectivity index (χ1) is 12.6. The molecule has 134 valence electrons. The van der Waals surface area contributed by atoms with E-state index in [4.69, 9.17) is 4.74 Å². The molecule has 1 aromatic carbocycles. The van der Waals surface area contributed by atoms with Crippen LogP contribution in [0, 0.1) is 0 Å². The second kappa shape index (κ2) is 8.19. The van der Waals surface area contributed by atoms with Gasteiger partial charge in [-0.1, -0.05) is 25.1 Å². The van der Waals surface area contributed by atoms with Gasteiger partial charge in [0.15, 0.2) is 0 Å². The van der Waals surface area contributed by atoms with Crippen molar-refractivity contribution in [3.05, 3.63) is 64.3 Å². The number of benzene rings is 1. The third-order valence-electron chi connectivity index (χ3n) is 4.17. The predicted molar refractivity (Wildman–Crippen MR) is 103 cm³/mol. The highest BCUT2D eigenvalue weighted by atomic mass is 32.2. The number of imide groups is 1. The van der Waals surface area contributed by atoms with E-state index < -0.39 is 0 Å². The molecular weight excluding hydrogens is 348 g/mol. The molecule has 1 saturated heterocycles. The van der Waals surface area contributed by atoms with Gasteiger partial charge in [-0.2, -0.15) is 0 Å². The van der Waals surface area contributed by atoms with Crippen LogP contribution in [-0.2, 0) is 17.6 Å². The Hall–Kier alpha value is -2.60. The summed E-state index contributed by atoms with van der Waals surface area (Å²) in [6.07, 6.45) is 3.64. The molecule has 0 bridgehead atoms. The van der Waals surface area contributed by atoms with E-state index in [1.54, 1.807) is 0 Å². The molecule has 0 atom stereocenters. The van der Waals surface area contributed by atoms with Crippen LogP contribution in [0.25, 0.3) is 5.57 Å². The summed E-state index contributed by atoms with van der Waals surface area (Å²) in [4.78, 5) is 27.9. The van der Waals surface area contributed by atoms with Crippen molar-refractivity contribution in [2.24, 2.45) is 0 Å². The standard InChI is InChI=1S/C20H20N2O3S/c1-3-14-4-7-16(21-12-14)10-11-25-17-8-5-15(6-9-17)13(2)18-19(23)22-20(24)26-18/h4-9,12H,3,10-11H2,1-2H3,(H,22,23,24)/b18-13-. The largest absolute Gasteiger partial charge is 0.493 e. The minimum atomic E-state index is -0.334. The molecule has 5 nitrogen and oxygen atoms in total. The Morgan fingerprint density at radius 3 is 2.50 bits per heavy atom. The molecule has 0 aliphatic carbocycles. The summed E-state index contributed by atoms with van der Waals surface area (Å²) in [5.41, 5.74) is 3.91. The molecular formula is C20H20N2O3S. The fourth-order valence-electron chi connectivity index (χ4n) is 2.58. The van der Waals surface area contributed by atoms with Crippen LogP contribution in [0.4, 0.5) is 4.79 Å². The van der Waals surface area contributed by atoms with Gasteiger partial charge in [0.05, 0.1) is 11.5 Å². The fraction of sp³-hybridized carbons (Fsp3) is 0.250. The second-order valence-electron chi connectivity index (χ2n) is 5.93. The zero-order chi connectivity index (χ0) is 18.5. The van der Waals surface area contributed by atoms with Crippen LogP contribution >= 0.6 is 11.8 Å². The Kier molecular flexibility index (Phi) is 5.73. The fourth-order valence-corrected chi connectivity index (χ4v) is 3.32. The number of carbonyl (C=O) groups is 2. The summed E-state index contributed by atoms with van der Waals surface area (Å²) < 4.78 is 5.77. The molecule has 1 fully saturated rings. The van der Waals surface area contributed by atoms with E-state index >= 15 is 0 Å². The lowest BCUT2D eigenvalue weighted by Crippen LogP contribution is -2.18. The predicted octanol–water partition coefficient (Wildman–Crippen LogP) is 3.98. The van der Waals surface area contributed by atoms with Crippen molar-refractivity contribution in [1.29, 1.82) is 0 Å². The molecule has 1 aliphatic rings. The van der Waals surface area contributed by atoms with Crippen LogP contribution in [-0.4, -0.2) is 22.7 Å². The highest BCUT2D eigenvalue weighted by Crippen LogP contribution is 2.31. The number of nitrogens with zero attached hydrogens (tertiary/aromatic N) is 1. The van der Waals surface area contributed by atoms with Crippen LogP contribution in [0.2, 0.25) is 0 Å². The number of hydrogen-bond donors (Lipinski definition) is 1. The van der Waals surface area contributed by atoms with Gasteiger partial charge >= 0.3 is 0 Å². The first-order valence-electron chi connectivity index (χ1n) is 8.48. The lowest BCUT2D eigenvalue weighted by atomic mass is 10.1. The number of amides is 2. The molecule has 2 amide bonds. The zero-order valence-corrected chi connectivity index (χ0v) is 15.6. The SMILES string of the molecule is CCc1ccc(CCOc2ccc(/C(C)=C3\SC(=O)NC3=O)cc2)nc1. The van der Waals surface area contributed by atoms with Crippen molar-refractivity contribution >= 4 is 28.5 Å². The number of thioether (sulfide) groups is 1. The van der Waals surface area contributed by atoms with Crippen LogP contribution < -0.4 is 10.1 Å². The van der Waals surface area contributed by atoms with Gasteiger partial charge in [0.25, 0.3) is 11.1 Å². The minimum absolute atomic E-state index is 0.329. The first kappa shape index (κ1) is 18.2. The Bertz CT molecular complexity index is 842. The molecule has 2 heterocycles. The molecule has 3 rings (SSSR count). The van der Waals surface area contributed by atoms with E-state index in [9.17, 15) is 9.59 Å². The zero-order valence-electron chi connectivity index (χ0n) is 14.7. The summed E-state index contributed by atoms with van der Waals surface area (Å²) >= 11 is 0.937. The van der Waals surface area contributed by atoms with E-state index in [1.165, 1.54) is 5.56 Å². The van der Waals surface area contributed by atoms with Crippen molar-refractivity contribution < 1.29 is 14.3 Å². The Labute approximate surface area is 156 Å². The number of rotatable bonds is 6. The number of hydrogen-bond acceptors (Lipinski definition) is 5. The van der Waals surface area contributed by atoms with Gasteiger partial charge in [-0.25, -0.2) is 0 Å². The average Bonchev–Trinajstić information content (AvgIpc) is 3.00. The molecule has 0 radical (unpaired) electrons. The quantitative estimate of drug-likeness (QED) is 0.781. The topological polar surface area (TPSA) is 68.3 Å². The van der Waals surface area contributed by atoms with Crippen molar-refractivity contribution in [3.63, 3.8) is 0 Å². The smallest absolute Gasteiger partial charge is 0.290 e. The summed E-state index contributed by atoms with van der Waals surface area (Å²) in [7, 11) is 0. The maximum absolute atomic E-state index is 11.7. The molecule has 1 aliphatic heterocycles. The van der Waals surface area contributed by atoms with Gasteiger partial charge in [0.1, 0.15) is 5.75 Å². The average molecular weight is 368 g/mol. The Morgan fingerprint density at radius 2 is 1.92 bits per heavy atom. The highest BCUT2D eigenvalue weighted by Gasteiger charge is 2.27. The highest BCUT2D eigenvalue weighted by molar-refractivity contribution is 8.18. The van der Waals surface area contributed by atoms with Gasteiger partial charge in [-0.3, -0.25) is 19.9 Å². The van der Waals surface area contributed by atoms with Gasteiger partial charge in [-0.05, 0) is 60.0 Å². The molecule has 0 spiro atoms. The summed E-state index contributed by atoms with van der Waals surface area (Å²) in [6, 6.07) is 11.6. The maximum atomic E-state index is 11.7. The molecule has 1 N–H and O–H groups in total. The molecule has 1 aromatic heterocycles. The van der Waals surface area contributed by atoms with Crippen LogP contribution in [0.15, 0.2) is 47.5 Å².